The van der Waals surface area contributed by atoms with Gasteiger partial charge < -0.3 is 15.0 Å². The van der Waals surface area contributed by atoms with Crippen molar-refractivity contribution in [1.29, 1.82) is 0 Å². The molecule has 0 bridgehead atoms. The average Bonchev–Trinajstić information content (AvgIpc) is 2.78. The number of hydrogen-bond acceptors (Lipinski definition) is 3. The van der Waals surface area contributed by atoms with E-state index >= 15 is 0 Å². The van der Waals surface area contributed by atoms with Gasteiger partial charge in [0.15, 0.2) is 0 Å². The molecular formula is C25H26ClF3N2O. The van der Waals surface area contributed by atoms with Crippen molar-refractivity contribution in [1.82, 2.24) is 0 Å². The van der Waals surface area contributed by atoms with Crippen LogP contribution in [-0.4, -0.2) is 12.9 Å². The quantitative estimate of drug-likeness (QED) is 0.414. The number of para-hydroxylation sites is 1. The molecule has 1 aliphatic heterocycles. The topological polar surface area (TPSA) is 24.5 Å². The SMILES string of the molecule is Cl.FC(F)(F)Oc1ccccc1CNc1cccc(N2CCCC[C@H]2c2ccccc2)c1. The van der Waals surface area contributed by atoms with Gasteiger partial charge in [-0.05, 0) is 49.1 Å². The molecule has 7 heteroatoms. The number of benzene rings is 3. The van der Waals surface area contributed by atoms with Gasteiger partial charge >= 0.3 is 6.36 Å². The van der Waals surface area contributed by atoms with Crippen molar-refractivity contribution in [3.05, 3.63) is 90.0 Å². The van der Waals surface area contributed by atoms with Gasteiger partial charge in [-0.2, -0.15) is 0 Å². The first-order valence-corrected chi connectivity index (χ1v) is 10.5. The predicted molar refractivity (Wildman–Crippen MR) is 125 cm³/mol. The highest BCUT2D eigenvalue weighted by atomic mass is 35.5. The zero-order chi connectivity index (χ0) is 21.7. The van der Waals surface area contributed by atoms with E-state index in [0.29, 0.717) is 11.6 Å². The van der Waals surface area contributed by atoms with Gasteiger partial charge in [-0.25, -0.2) is 0 Å². The maximum absolute atomic E-state index is 12.7. The summed E-state index contributed by atoms with van der Waals surface area (Å²) in [6.45, 7) is 1.21. The number of ether oxygens (including phenoxy) is 1. The van der Waals surface area contributed by atoms with E-state index in [1.54, 1.807) is 12.1 Å². The molecule has 170 valence electrons. The maximum atomic E-state index is 12.7. The first kappa shape index (κ1) is 23.8. The summed E-state index contributed by atoms with van der Waals surface area (Å²) >= 11 is 0. The van der Waals surface area contributed by atoms with Crippen LogP contribution >= 0.6 is 12.4 Å². The second-order valence-electron chi connectivity index (χ2n) is 7.68. The molecule has 0 saturated carbocycles. The molecule has 0 aromatic heterocycles. The molecule has 0 spiro atoms. The summed E-state index contributed by atoms with van der Waals surface area (Å²) in [5.41, 5.74) is 3.72. The van der Waals surface area contributed by atoms with Crippen molar-refractivity contribution >= 4 is 23.8 Å². The summed E-state index contributed by atoms with van der Waals surface area (Å²) in [5.74, 6) is -0.182. The Morgan fingerprint density at radius 2 is 1.66 bits per heavy atom. The third kappa shape index (κ3) is 6.10. The number of piperidine rings is 1. The summed E-state index contributed by atoms with van der Waals surface area (Å²) in [4.78, 5) is 2.42. The maximum Gasteiger partial charge on any atom is 0.573 e. The van der Waals surface area contributed by atoms with Crippen molar-refractivity contribution in [2.45, 2.75) is 38.2 Å². The summed E-state index contributed by atoms with van der Waals surface area (Å²) < 4.78 is 42.2. The van der Waals surface area contributed by atoms with Gasteiger partial charge in [0, 0.05) is 30.0 Å². The molecule has 1 aliphatic rings. The van der Waals surface area contributed by atoms with E-state index in [1.807, 2.05) is 18.2 Å². The zero-order valence-corrected chi connectivity index (χ0v) is 18.3. The Bertz CT molecular complexity index is 998. The fourth-order valence-corrected chi connectivity index (χ4v) is 4.13. The molecule has 1 atom stereocenters. The highest BCUT2D eigenvalue weighted by molar-refractivity contribution is 5.85. The molecule has 1 N–H and O–H groups in total. The smallest absolute Gasteiger partial charge is 0.405 e. The third-order valence-electron chi connectivity index (χ3n) is 5.55. The summed E-state index contributed by atoms with van der Waals surface area (Å²) in [6.07, 6.45) is -1.27. The minimum Gasteiger partial charge on any atom is -0.405 e. The number of rotatable bonds is 6. The lowest BCUT2D eigenvalue weighted by atomic mass is 9.94. The number of alkyl halides is 3. The molecule has 3 aromatic carbocycles. The van der Waals surface area contributed by atoms with Crippen LogP contribution in [0.5, 0.6) is 5.75 Å². The first-order chi connectivity index (χ1) is 15.0. The largest absolute Gasteiger partial charge is 0.573 e. The van der Waals surface area contributed by atoms with Crippen LogP contribution in [0, 0.1) is 0 Å². The Morgan fingerprint density at radius 3 is 2.44 bits per heavy atom. The molecule has 3 nitrogen and oxygen atoms in total. The first-order valence-electron chi connectivity index (χ1n) is 10.5. The van der Waals surface area contributed by atoms with E-state index in [9.17, 15) is 13.2 Å². The Labute approximate surface area is 192 Å². The second kappa shape index (κ2) is 10.6. The number of hydrogen-bond donors (Lipinski definition) is 1. The van der Waals surface area contributed by atoms with E-state index in [-0.39, 0.29) is 24.7 Å². The van der Waals surface area contributed by atoms with Crippen LogP contribution < -0.4 is 15.0 Å². The number of nitrogens with zero attached hydrogens (tertiary/aromatic N) is 1. The molecular weight excluding hydrogens is 437 g/mol. The predicted octanol–water partition coefficient (Wildman–Crippen LogP) is 7.35. The Hall–Kier alpha value is -2.86. The number of halogens is 4. The minimum atomic E-state index is -4.71. The fourth-order valence-electron chi connectivity index (χ4n) is 4.13. The number of anilines is 2. The van der Waals surface area contributed by atoms with E-state index < -0.39 is 6.36 Å². The van der Waals surface area contributed by atoms with Crippen molar-refractivity contribution in [3.63, 3.8) is 0 Å². The van der Waals surface area contributed by atoms with E-state index in [4.69, 9.17) is 0 Å². The third-order valence-corrected chi connectivity index (χ3v) is 5.55. The van der Waals surface area contributed by atoms with Crippen LogP contribution in [0.2, 0.25) is 0 Å². The van der Waals surface area contributed by atoms with Gasteiger partial charge in [-0.1, -0.05) is 54.6 Å². The normalized spacial score (nSPS) is 16.2. The number of nitrogens with one attached hydrogen (secondary N) is 1. The molecule has 0 radical (unpaired) electrons. The van der Waals surface area contributed by atoms with Gasteiger partial charge in [-0.3, -0.25) is 0 Å². The molecule has 1 fully saturated rings. The molecule has 1 heterocycles. The fraction of sp³-hybridized carbons (Fsp3) is 0.280. The van der Waals surface area contributed by atoms with E-state index in [1.165, 1.54) is 24.1 Å². The van der Waals surface area contributed by atoms with Crippen molar-refractivity contribution in [3.8, 4) is 5.75 Å². The van der Waals surface area contributed by atoms with Gasteiger partial charge in [-0.15, -0.1) is 25.6 Å². The van der Waals surface area contributed by atoms with Crippen molar-refractivity contribution < 1.29 is 17.9 Å². The van der Waals surface area contributed by atoms with Crippen LogP contribution in [0.15, 0.2) is 78.9 Å². The van der Waals surface area contributed by atoms with Crippen LogP contribution in [-0.2, 0) is 6.54 Å². The molecule has 0 amide bonds. The average molecular weight is 463 g/mol. The lowest BCUT2D eigenvalue weighted by molar-refractivity contribution is -0.274. The van der Waals surface area contributed by atoms with Crippen molar-refractivity contribution in [2.24, 2.45) is 0 Å². The zero-order valence-electron chi connectivity index (χ0n) is 17.5. The molecule has 4 rings (SSSR count). The summed E-state index contributed by atoms with van der Waals surface area (Å²) in [5, 5.41) is 3.25. The molecule has 0 aliphatic carbocycles. The highest BCUT2D eigenvalue weighted by Crippen LogP contribution is 2.36. The van der Waals surface area contributed by atoms with Gasteiger partial charge in [0.2, 0.25) is 0 Å². The van der Waals surface area contributed by atoms with Gasteiger partial charge in [0.1, 0.15) is 5.75 Å². The summed E-state index contributed by atoms with van der Waals surface area (Å²) in [7, 11) is 0. The van der Waals surface area contributed by atoms with Crippen LogP contribution in [0.3, 0.4) is 0 Å². The minimum absolute atomic E-state index is 0. The lowest BCUT2D eigenvalue weighted by Gasteiger charge is -2.38. The van der Waals surface area contributed by atoms with Crippen LogP contribution in [0.4, 0.5) is 24.5 Å². The molecule has 0 unspecified atom stereocenters. The monoisotopic (exact) mass is 462 g/mol. The summed E-state index contributed by atoms with van der Waals surface area (Å²) in [6, 6.07) is 25.1. The Balaban J connectivity index is 0.00000289. The second-order valence-corrected chi connectivity index (χ2v) is 7.68. The Morgan fingerprint density at radius 1 is 0.906 bits per heavy atom. The van der Waals surface area contributed by atoms with Crippen LogP contribution in [0.1, 0.15) is 36.4 Å². The van der Waals surface area contributed by atoms with E-state index in [0.717, 1.165) is 30.8 Å². The van der Waals surface area contributed by atoms with E-state index in [2.05, 4.69) is 51.4 Å². The standard InChI is InChI=1S/C25H25F3N2O.ClH/c26-25(27,28)31-24-15-5-4-11-20(24)18-29-21-12-8-13-22(17-21)30-16-7-6-14-23(30)19-9-2-1-3-10-19;/h1-5,8-13,15,17,23,29H,6-7,14,16,18H2;1H/t23-;/m0./s1. The molecule has 3 aromatic rings. The van der Waals surface area contributed by atoms with Gasteiger partial charge in [0.25, 0.3) is 0 Å². The Kier molecular flexibility index (Phi) is 7.91. The van der Waals surface area contributed by atoms with Crippen LogP contribution in [0.25, 0.3) is 0 Å². The molecule has 1 saturated heterocycles. The van der Waals surface area contributed by atoms with Crippen molar-refractivity contribution in [2.75, 3.05) is 16.8 Å². The van der Waals surface area contributed by atoms with Gasteiger partial charge in [0.05, 0.1) is 6.04 Å². The highest BCUT2D eigenvalue weighted by Gasteiger charge is 2.32. The lowest BCUT2D eigenvalue weighted by Crippen LogP contribution is -2.33. The molecule has 32 heavy (non-hydrogen) atoms.